The average molecular weight is 477 g/mol. The van der Waals surface area contributed by atoms with Crippen LogP contribution in [0.4, 0.5) is 5.69 Å². The number of hydrogen-bond donors (Lipinski definition) is 1. The van der Waals surface area contributed by atoms with Crippen molar-refractivity contribution in [3.8, 4) is 23.0 Å². The van der Waals surface area contributed by atoms with E-state index >= 15 is 0 Å². The van der Waals surface area contributed by atoms with Gasteiger partial charge in [0.25, 0.3) is 0 Å². The van der Waals surface area contributed by atoms with E-state index in [1.807, 2.05) is 54.6 Å². The Morgan fingerprint density at radius 2 is 1.90 bits per heavy atom. The van der Waals surface area contributed by atoms with Gasteiger partial charge in [-0.2, -0.15) is 0 Å². The summed E-state index contributed by atoms with van der Waals surface area (Å²) in [6.07, 6.45) is 0. The molecule has 0 spiro atoms. The molecule has 0 saturated heterocycles. The fraction of sp³-hybridized carbons (Fsp3) is 0.182. The molecule has 1 N–H and O–H groups in total. The summed E-state index contributed by atoms with van der Waals surface area (Å²) in [7, 11) is 1.63. The van der Waals surface area contributed by atoms with E-state index < -0.39 is 0 Å². The molecular weight excluding hydrogens is 458 g/mol. The van der Waals surface area contributed by atoms with Gasteiger partial charge in [0.2, 0.25) is 6.79 Å². The second-order valence-corrected chi connectivity index (χ2v) is 7.74. The lowest BCUT2D eigenvalue weighted by atomic mass is 10.2. The van der Waals surface area contributed by atoms with Crippen LogP contribution in [-0.4, -0.2) is 13.9 Å². The number of anilines is 1. The Morgan fingerprint density at radius 1 is 1.03 bits per heavy atom. The number of hydrogen-bond acceptors (Lipinski definition) is 5. The first kappa shape index (κ1) is 19.7. The van der Waals surface area contributed by atoms with Crippen LogP contribution >= 0.6 is 27.5 Å². The van der Waals surface area contributed by atoms with Crippen molar-refractivity contribution < 1.29 is 18.9 Å². The summed E-state index contributed by atoms with van der Waals surface area (Å²) in [6.45, 7) is 1.27. The van der Waals surface area contributed by atoms with E-state index in [0.29, 0.717) is 29.7 Å². The van der Waals surface area contributed by atoms with E-state index in [9.17, 15) is 0 Å². The van der Waals surface area contributed by atoms with Crippen molar-refractivity contribution in [2.75, 3.05) is 19.2 Å². The summed E-state index contributed by atoms with van der Waals surface area (Å²) in [5, 5.41) is 4.07. The molecule has 29 heavy (non-hydrogen) atoms. The molecule has 4 rings (SSSR count). The van der Waals surface area contributed by atoms with Crippen molar-refractivity contribution >= 4 is 33.2 Å². The second-order valence-electron chi connectivity index (χ2n) is 6.45. The summed E-state index contributed by atoms with van der Waals surface area (Å²) in [6, 6.07) is 17.3. The summed E-state index contributed by atoms with van der Waals surface area (Å²) in [5.74, 6) is 2.82. The fourth-order valence-electron chi connectivity index (χ4n) is 3.01. The van der Waals surface area contributed by atoms with Gasteiger partial charge in [-0.25, -0.2) is 0 Å². The van der Waals surface area contributed by atoms with Gasteiger partial charge in [-0.05, 0) is 63.5 Å². The molecule has 0 aliphatic carbocycles. The SMILES string of the molecule is COc1cc(CNc2ccc3c(c2)OCO3)cc(Br)c1OCc1cccc(Cl)c1. The summed E-state index contributed by atoms with van der Waals surface area (Å²) in [4.78, 5) is 0. The molecule has 0 fully saturated rings. The lowest BCUT2D eigenvalue weighted by Gasteiger charge is -2.15. The van der Waals surface area contributed by atoms with Gasteiger partial charge in [-0.3, -0.25) is 0 Å². The molecule has 3 aromatic carbocycles. The van der Waals surface area contributed by atoms with Crippen LogP contribution < -0.4 is 24.3 Å². The smallest absolute Gasteiger partial charge is 0.231 e. The molecule has 0 atom stereocenters. The van der Waals surface area contributed by atoms with Gasteiger partial charge in [0.15, 0.2) is 23.0 Å². The molecule has 0 unspecified atom stereocenters. The van der Waals surface area contributed by atoms with E-state index in [4.69, 9.17) is 30.5 Å². The van der Waals surface area contributed by atoms with Crippen molar-refractivity contribution in [2.45, 2.75) is 13.2 Å². The molecule has 0 saturated carbocycles. The van der Waals surface area contributed by atoms with Gasteiger partial charge in [0.05, 0.1) is 11.6 Å². The maximum atomic E-state index is 6.04. The topological polar surface area (TPSA) is 49.0 Å². The number of benzene rings is 3. The van der Waals surface area contributed by atoms with Gasteiger partial charge in [0.1, 0.15) is 6.61 Å². The molecule has 1 aliphatic heterocycles. The van der Waals surface area contributed by atoms with E-state index in [1.54, 1.807) is 7.11 Å². The van der Waals surface area contributed by atoms with Crippen LogP contribution in [0.3, 0.4) is 0 Å². The van der Waals surface area contributed by atoms with Crippen LogP contribution in [0, 0.1) is 0 Å². The van der Waals surface area contributed by atoms with Gasteiger partial charge in [-0.1, -0.05) is 23.7 Å². The van der Waals surface area contributed by atoms with Crippen molar-refractivity contribution in [3.63, 3.8) is 0 Å². The zero-order chi connectivity index (χ0) is 20.2. The Labute approximate surface area is 182 Å². The number of methoxy groups -OCH3 is 1. The zero-order valence-corrected chi connectivity index (χ0v) is 18.0. The molecule has 0 radical (unpaired) electrons. The van der Waals surface area contributed by atoms with Crippen molar-refractivity contribution in [2.24, 2.45) is 0 Å². The van der Waals surface area contributed by atoms with E-state index in [2.05, 4.69) is 21.2 Å². The Balaban J connectivity index is 1.45. The molecular formula is C22H19BrClNO4. The van der Waals surface area contributed by atoms with Crippen molar-refractivity contribution in [1.29, 1.82) is 0 Å². The quantitative estimate of drug-likeness (QED) is 0.451. The molecule has 7 heteroatoms. The predicted molar refractivity (Wildman–Crippen MR) is 116 cm³/mol. The van der Waals surface area contributed by atoms with Crippen LogP contribution in [0.5, 0.6) is 23.0 Å². The minimum Gasteiger partial charge on any atom is -0.493 e. The number of ether oxygens (including phenoxy) is 4. The number of nitrogens with one attached hydrogen (secondary N) is 1. The molecule has 1 heterocycles. The van der Waals surface area contributed by atoms with Gasteiger partial charge in [0, 0.05) is 23.3 Å². The number of fused-ring (bicyclic) bond motifs is 1. The monoisotopic (exact) mass is 475 g/mol. The van der Waals surface area contributed by atoms with E-state index in [0.717, 1.165) is 32.8 Å². The highest BCUT2D eigenvalue weighted by Crippen LogP contribution is 2.38. The Hall–Kier alpha value is -2.57. The largest absolute Gasteiger partial charge is 0.493 e. The normalized spacial score (nSPS) is 12.0. The highest BCUT2D eigenvalue weighted by Gasteiger charge is 2.14. The molecule has 0 amide bonds. The van der Waals surface area contributed by atoms with Gasteiger partial charge in [-0.15, -0.1) is 0 Å². The van der Waals surface area contributed by atoms with E-state index in [1.165, 1.54) is 0 Å². The Morgan fingerprint density at radius 3 is 2.72 bits per heavy atom. The molecule has 150 valence electrons. The first-order chi connectivity index (χ1) is 14.1. The lowest BCUT2D eigenvalue weighted by molar-refractivity contribution is 0.174. The first-order valence-electron chi connectivity index (χ1n) is 8.99. The third-order valence-corrected chi connectivity index (χ3v) is 5.25. The highest BCUT2D eigenvalue weighted by atomic mass is 79.9. The third-order valence-electron chi connectivity index (χ3n) is 4.43. The molecule has 5 nitrogen and oxygen atoms in total. The molecule has 0 bridgehead atoms. The van der Waals surface area contributed by atoms with E-state index in [-0.39, 0.29) is 6.79 Å². The predicted octanol–water partition coefficient (Wildman–Crippen LogP) is 6.03. The van der Waals surface area contributed by atoms with Crippen LogP contribution in [0.1, 0.15) is 11.1 Å². The molecule has 1 aliphatic rings. The number of halogens is 2. The fourth-order valence-corrected chi connectivity index (χ4v) is 3.83. The zero-order valence-electron chi connectivity index (χ0n) is 15.7. The summed E-state index contributed by atoms with van der Waals surface area (Å²) in [5.41, 5.74) is 2.98. The number of rotatable bonds is 7. The summed E-state index contributed by atoms with van der Waals surface area (Å²) >= 11 is 9.64. The third kappa shape index (κ3) is 4.71. The highest BCUT2D eigenvalue weighted by molar-refractivity contribution is 9.10. The standard InChI is InChI=1S/C22H19BrClNO4/c1-26-21-9-15(11-25-17-5-6-19-20(10-17)29-13-28-19)8-18(23)22(21)27-12-14-3-2-4-16(24)7-14/h2-10,25H,11-13H2,1H3. The van der Waals surface area contributed by atoms with Crippen LogP contribution in [-0.2, 0) is 13.2 Å². The summed E-state index contributed by atoms with van der Waals surface area (Å²) < 4.78 is 23.1. The minimum atomic E-state index is 0.263. The van der Waals surface area contributed by atoms with Crippen molar-refractivity contribution in [3.05, 3.63) is 75.2 Å². The lowest BCUT2D eigenvalue weighted by Crippen LogP contribution is -2.03. The first-order valence-corrected chi connectivity index (χ1v) is 10.2. The molecule has 3 aromatic rings. The average Bonchev–Trinajstić information content (AvgIpc) is 3.19. The second kappa shape index (κ2) is 8.84. The van der Waals surface area contributed by atoms with Crippen molar-refractivity contribution in [1.82, 2.24) is 0 Å². The van der Waals surface area contributed by atoms with Gasteiger partial charge >= 0.3 is 0 Å². The Kier molecular flexibility index (Phi) is 6.02. The Bertz CT molecular complexity index is 1030. The maximum absolute atomic E-state index is 6.04. The molecule has 0 aromatic heterocycles. The minimum absolute atomic E-state index is 0.263. The maximum Gasteiger partial charge on any atom is 0.231 e. The van der Waals surface area contributed by atoms with Crippen LogP contribution in [0.25, 0.3) is 0 Å². The van der Waals surface area contributed by atoms with Crippen LogP contribution in [0.15, 0.2) is 59.1 Å². The van der Waals surface area contributed by atoms with Crippen LogP contribution in [0.2, 0.25) is 5.02 Å². The van der Waals surface area contributed by atoms with Gasteiger partial charge < -0.3 is 24.3 Å².